The molecule has 0 bridgehead atoms. The Morgan fingerprint density at radius 2 is 2.00 bits per heavy atom. The molecule has 0 aliphatic heterocycles. The van der Waals surface area contributed by atoms with Crippen molar-refractivity contribution in [3.8, 4) is 5.75 Å². The van der Waals surface area contributed by atoms with Crippen molar-refractivity contribution in [1.29, 1.82) is 0 Å². The number of furan rings is 1. The number of nitrogens with two attached hydrogens (primary N) is 1. The van der Waals surface area contributed by atoms with Gasteiger partial charge in [0, 0.05) is 10.5 Å². The Labute approximate surface area is 106 Å². The largest absolute Gasteiger partial charge is 0.486 e. The van der Waals surface area contributed by atoms with Gasteiger partial charge >= 0.3 is 0 Å². The van der Waals surface area contributed by atoms with E-state index in [1.54, 1.807) is 18.2 Å². The van der Waals surface area contributed by atoms with E-state index >= 15 is 0 Å². The van der Waals surface area contributed by atoms with Gasteiger partial charge in [-0.05, 0) is 24.3 Å². The molecule has 5 heteroatoms. The van der Waals surface area contributed by atoms with Gasteiger partial charge in [-0.25, -0.2) is 4.39 Å². The van der Waals surface area contributed by atoms with Crippen molar-refractivity contribution in [3.05, 3.63) is 52.1 Å². The minimum atomic E-state index is -0.350. The number of hydrogen-bond donors (Lipinski definition) is 1. The summed E-state index contributed by atoms with van der Waals surface area (Å²) in [6.45, 7) is 0.599. The Kier molecular flexibility index (Phi) is 3.81. The molecular formula is C12H11BrFNO2. The van der Waals surface area contributed by atoms with Crippen molar-refractivity contribution < 1.29 is 13.5 Å². The van der Waals surface area contributed by atoms with Crippen LogP contribution in [0.2, 0.25) is 0 Å². The summed E-state index contributed by atoms with van der Waals surface area (Å²) in [6.07, 6.45) is 0. The maximum atomic E-state index is 13.1. The molecule has 0 amide bonds. The van der Waals surface area contributed by atoms with Crippen molar-refractivity contribution >= 4 is 15.9 Å². The molecule has 17 heavy (non-hydrogen) atoms. The van der Waals surface area contributed by atoms with E-state index in [1.165, 1.54) is 12.1 Å². The standard InChI is InChI=1S/C12H11BrFNO2/c13-8-3-9(14)5-12(4-8)16-7-11-2-1-10(6-15)17-11/h1-5H,6-7,15H2. The van der Waals surface area contributed by atoms with Gasteiger partial charge in [0.2, 0.25) is 0 Å². The number of halogens is 2. The molecule has 1 aromatic carbocycles. The highest BCUT2D eigenvalue weighted by atomic mass is 79.9. The normalized spacial score (nSPS) is 10.5. The molecule has 0 saturated carbocycles. The molecule has 2 aromatic rings. The highest BCUT2D eigenvalue weighted by molar-refractivity contribution is 9.10. The molecule has 3 nitrogen and oxygen atoms in total. The van der Waals surface area contributed by atoms with Crippen LogP contribution in [0.3, 0.4) is 0 Å². The fraction of sp³-hybridized carbons (Fsp3) is 0.167. The van der Waals surface area contributed by atoms with Gasteiger partial charge in [-0.1, -0.05) is 15.9 Å². The summed E-state index contributed by atoms with van der Waals surface area (Å²) in [4.78, 5) is 0. The molecule has 2 N–H and O–H groups in total. The van der Waals surface area contributed by atoms with Crippen molar-refractivity contribution in [3.63, 3.8) is 0 Å². The summed E-state index contributed by atoms with van der Waals surface area (Å²) in [7, 11) is 0. The summed E-state index contributed by atoms with van der Waals surface area (Å²) < 4.78 is 24.5. The quantitative estimate of drug-likeness (QED) is 0.943. The molecule has 0 unspecified atom stereocenters. The van der Waals surface area contributed by atoms with Gasteiger partial charge in [-0.3, -0.25) is 0 Å². The minimum absolute atomic E-state index is 0.246. The van der Waals surface area contributed by atoms with Crippen LogP contribution in [0.4, 0.5) is 4.39 Å². The predicted octanol–water partition coefficient (Wildman–Crippen LogP) is 3.22. The Hall–Kier alpha value is -1.33. The molecule has 0 saturated heterocycles. The summed E-state index contributed by atoms with van der Waals surface area (Å²) in [5.74, 6) is 1.45. The van der Waals surface area contributed by atoms with Crippen LogP contribution in [0.25, 0.3) is 0 Å². The smallest absolute Gasteiger partial charge is 0.146 e. The van der Waals surface area contributed by atoms with E-state index in [2.05, 4.69) is 15.9 Å². The highest BCUT2D eigenvalue weighted by Crippen LogP contribution is 2.21. The van der Waals surface area contributed by atoms with Crippen LogP contribution < -0.4 is 10.5 Å². The fourth-order valence-electron chi connectivity index (χ4n) is 1.38. The molecule has 0 aliphatic rings. The van der Waals surface area contributed by atoms with Gasteiger partial charge in [-0.15, -0.1) is 0 Å². The number of hydrogen-bond acceptors (Lipinski definition) is 3. The molecule has 1 heterocycles. The Balaban J connectivity index is 2.01. The fourth-order valence-corrected chi connectivity index (χ4v) is 1.82. The third-order valence-electron chi connectivity index (χ3n) is 2.14. The third-order valence-corrected chi connectivity index (χ3v) is 2.59. The molecule has 1 aromatic heterocycles. The first-order chi connectivity index (χ1) is 8.17. The molecular weight excluding hydrogens is 289 g/mol. The molecule has 0 aliphatic carbocycles. The van der Waals surface area contributed by atoms with E-state index in [9.17, 15) is 4.39 Å². The lowest BCUT2D eigenvalue weighted by Gasteiger charge is -2.04. The maximum absolute atomic E-state index is 13.1. The predicted molar refractivity (Wildman–Crippen MR) is 65.0 cm³/mol. The topological polar surface area (TPSA) is 48.4 Å². The van der Waals surface area contributed by atoms with Crippen molar-refractivity contribution in [1.82, 2.24) is 0 Å². The van der Waals surface area contributed by atoms with Crippen LogP contribution in [0.15, 0.2) is 39.2 Å². The zero-order chi connectivity index (χ0) is 12.3. The third kappa shape index (κ3) is 3.31. The molecule has 2 rings (SSSR count). The van der Waals surface area contributed by atoms with E-state index < -0.39 is 0 Å². The molecule has 0 atom stereocenters. The molecule has 90 valence electrons. The summed E-state index contributed by atoms with van der Waals surface area (Å²) in [5.41, 5.74) is 5.42. The Morgan fingerprint density at radius 1 is 1.24 bits per heavy atom. The molecule has 0 radical (unpaired) electrons. The number of ether oxygens (including phenoxy) is 1. The van der Waals surface area contributed by atoms with E-state index in [0.29, 0.717) is 28.3 Å². The Bertz CT molecular complexity index is 493. The maximum Gasteiger partial charge on any atom is 0.146 e. The second kappa shape index (κ2) is 5.33. The SMILES string of the molecule is NCc1ccc(COc2cc(F)cc(Br)c2)o1. The van der Waals surface area contributed by atoms with Crippen LogP contribution >= 0.6 is 15.9 Å². The van der Waals surface area contributed by atoms with E-state index in [4.69, 9.17) is 14.9 Å². The van der Waals surface area contributed by atoms with Crippen LogP contribution in [0.5, 0.6) is 5.75 Å². The number of rotatable bonds is 4. The monoisotopic (exact) mass is 299 g/mol. The van der Waals surface area contributed by atoms with Gasteiger partial charge < -0.3 is 14.9 Å². The zero-order valence-electron chi connectivity index (χ0n) is 8.95. The van der Waals surface area contributed by atoms with Gasteiger partial charge in [0.1, 0.15) is 29.7 Å². The number of benzene rings is 1. The van der Waals surface area contributed by atoms with Crippen molar-refractivity contribution in [2.45, 2.75) is 13.2 Å². The second-order valence-electron chi connectivity index (χ2n) is 3.47. The average molecular weight is 300 g/mol. The zero-order valence-corrected chi connectivity index (χ0v) is 10.5. The summed E-state index contributed by atoms with van der Waals surface area (Å²) in [5, 5.41) is 0. The van der Waals surface area contributed by atoms with Crippen LogP contribution in [0, 0.1) is 5.82 Å². The van der Waals surface area contributed by atoms with Gasteiger partial charge in [-0.2, -0.15) is 0 Å². The van der Waals surface area contributed by atoms with E-state index in [1.807, 2.05) is 0 Å². The first-order valence-electron chi connectivity index (χ1n) is 5.04. The first-order valence-corrected chi connectivity index (χ1v) is 5.83. The second-order valence-corrected chi connectivity index (χ2v) is 4.38. The van der Waals surface area contributed by atoms with Crippen LogP contribution in [-0.4, -0.2) is 0 Å². The van der Waals surface area contributed by atoms with Crippen LogP contribution in [-0.2, 0) is 13.2 Å². The van der Waals surface area contributed by atoms with E-state index in [0.717, 1.165) is 0 Å². The van der Waals surface area contributed by atoms with Gasteiger partial charge in [0.05, 0.1) is 6.54 Å². The molecule has 0 fully saturated rings. The van der Waals surface area contributed by atoms with E-state index in [-0.39, 0.29) is 12.4 Å². The first kappa shape index (κ1) is 12.1. The summed E-state index contributed by atoms with van der Waals surface area (Å²) in [6, 6.07) is 7.95. The van der Waals surface area contributed by atoms with Gasteiger partial charge in [0.15, 0.2) is 0 Å². The van der Waals surface area contributed by atoms with Gasteiger partial charge in [0.25, 0.3) is 0 Å². The minimum Gasteiger partial charge on any atom is -0.486 e. The van der Waals surface area contributed by atoms with Crippen molar-refractivity contribution in [2.24, 2.45) is 5.73 Å². The lowest BCUT2D eigenvalue weighted by molar-refractivity contribution is 0.265. The molecule has 0 spiro atoms. The van der Waals surface area contributed by atoms with Crippen LogP contribution in [0.1, 0.15) is 11.5 Å². The highest BCUT2D eigenvalue weighted by Gasteiger charge is 2.03. The lowest BCUT2D eigenvalue weighted by Crippen LogP contribution is -1.95. The van der Waals surface area contributed by atoms with Crippen molar-refractivity contribution in [2.75, 3.05) is 0 Å². The summed E-state index contributed by atoms with van der Waals surface area (Å²) >= 11 is 3.19. The lowest BCUT2D eigenvalue weighted by atomic mass is 10.3. The Morgan fingerprint density at radius 3 is 2.65 bits per heavy atom. The average Bonchev–Trinajstić information content (AvgIpc) is 2.73.